The molecule has 0 unspecified atom stereocenters. The number of nitrogens with one attached hydrogen (secondary N) is 1. The number of aromatic amines is 1. The Morgan fingerprint density at radius 1 is 1.08 bits per heavy atom. The highest BCUT2D eigenvalue weighted by atomic mass is 32.1. The molecule has 0 fully saturated rings. The highest BCUT2D eigenvalue weighted by Crippen LogP contribution is 2.38. The number of aromatic nitrogens is 3. The summed E-state index contributed by atoms with van der Waals surface area (Å²) in [7, 11) is 0. The lowest BCUT2D eigenvalue weighted by Gasteiger charge is -2.08. The van der Waals surface area contributed by atoms with E-state index in [0.717, 1.165) is 33.7 Å². The average molecular weight is 372 g/mol. The summed E-state index contributed by atoms with van der Waals surface area (Å²) in [4.78, 5) is 12.6. The van der Waals surface area contributed by atoms with Crippen LogP contribution in [0.5, 0.6) is 0 Å². The lowest BCUT2D eigenvalue weighted by molar-refractivity contribution is -0.137. The van der Waals surface area contributed by atoms with E-state index in [-0.39, 0.29) is 5.52 Å². The Bertz CT molecular complexity index is 1090. The van der Waals surface area contributed by atoms with E-state index in [0.29, 0.717) is 17.0 Å². The maximum absolute atomic E-state index is 12.9. The molecular weight excluding hydrogens is 359 g/mol. The number of halogens is 3. The molecule has 1 N–H and O–H groups in total. The van der Waals surface area contributed by atoms with Crippen molar-refractivity contribution in [3.8, 4) is 22.0 Å². The van der Waals surface area contributed by atoms with Crippen molar-refractivity contribution in [2.45, 2.75) is 20.0 Å². The monoisotopic (exact) mass is 372 g/mol. The fraction of sp³-hybridized carbons (Fsp3) is 0.158. The van der Waals surface area contributed by atoms with Crippen LogP contribution in [0, 0.1) is 19.4 Å². The number of thiazole rings is 1. The molecule has 0 aliphatic heterocycles. The first kappa shape index (κ1) is 16.8. The van der Waals surface area contributed by atoms with E-state index in [4.69, 9.17) is 0 Å². The maximum atomic E-state index is 12.9. The zero-order valence-corrected chi connectivity index (χ0v) is 14.7. The molecule has 0 aliphatic carbocycles. The summed E-state index contributed by atoms with van der Waals surface area (Å²) in [5.41, 5.74) is 6.80. The largest absolute Gasteiger partial charge is 0.416 e. The quantitative estimate of drug-likeness (QED) is 0.484. The number of hydrogen-bond acceptors (Lipinski definition) is 3. The number of alkyl halides is 3. The van der Waals surface area contributed by atoms with Crippen molar-refractivity contribution in [2.75, 3.05) is 0 Å². The van der Waals surface area contributed by atoms with Crippen LogP contribution >= 0.6 is 11.3 Å². The highest BCUT2D eigenvalue weighted by Gasteiger charge is 2.31. The van der Waals surface area contributed by atoms with Crippen LogP contribution in [0.15, 0.2) is 36.4 Å². The molecule has 0 aliphatic rings. The molecular formula is C19H13F3N3S. The number of hydrogen-bond donors (Lipinski definition) is 1. The third-order valence-electron chi connectivity index (χ3n) is 4.26. The number of imidazole rings is 1. The Kier molecular flexibility index (Phi) is 3.84. The van der Waals surface area contributed by atoms with Gasteiger partial charge in [-0.2, -0.15) is 13.2 Å². The third-order valence-corrected chi connectivity index (χ3v) is 5.05. The Morgan fingerprint density at radius 2 is 1.81 bits per heavy atom. The summed E-state index contributed by atoms with van der Waals surface area (Å²) in [6, 6.07) is 9.50. The van der Waals surface area contributed by atoms with Crippen LogP contribution < -0.4 is 0 Å². The van der Waals surface area contributed by atoms with Gasteiger partial charge in [-0.05, 0) is 48.7 Å². The van der Waals surface area contributed by atoms with Crippen molar-refractivity contribution in [2.24, 2.45) is 0 Å². The van der Waals surface area contributed by atoms with Crippen LogP contribution in [0.1, 0.15) is 16.7 Å². The predicted molar refractivity (Wildman–Crippen MR) is 95.9 cm³/mol. The van der Waals surface area contributed by atoms with Crippen LogP contribution in [-0.4, -0.2) is 15.0 Å². The van der Waals surface area contributed by atoms with Crippen molar-refractivity contribution >= 4 is 22.4 Å². The third kappa shape index (κ3) is 2.78. The Morgan fingerprint density at radius 3 is 2.50 bits per heavy atom. The van der Waals surface area contributed by atoms with Gasteiger partial charge in [0.2, 0.25) is 0 Å². The number of benzene rings is 2. The van der Waals surface area contributed by atoms with E-state index >= 15 is 0 Å². The fourth-order valence-electron chi connectivity index (χ4n) is 3.01. The zero-order valence-electron chi connectivity index (χ0n) is 13.9. The molecule has 3 nitrogen and oxygen atoms in total. The maximum Gasteiger partial charge on any atom is 0.416 e. The van der Waals surface area contributed by atoms with Gasteiger partial charge in [-0.15, -0.1) is 11.3 Å². The van der Waals surface area contributed by atoms with Gasteiger partial charge >= 0.3 is 6.18 Å². The zero-order chi connectivity index (χ0) is 18.5. The Labute approximate surface area is 151 Å². The second kappa shape index (κ2) is 5.95. The summed E-state index contributed by atoms with van der Waals surface area (Å²) >= 11 is 1.37. The van der Waals surface area contributed by atoms with E-state index in [2.05, 4.69) is 20.5 Å². The van der Waals surface area contributed by atoms with Gasteiger partial charge < -0.3 is 4.98 Å². The molecule has 0 saturated carbocycles. The van der Waals surface area contributed by atoms with Gasteiger partial charge in [0.25, 0.3) is 0 Å². The van der Waals surface area contributed by atoms with E-state index in [9.17, 15) is 13.2 Å². The second-order valence-corrected chi connectivity index (χ2v) is 6.86. The van der Waals surface area contributed by atoms with Crippen LogP contribution in [0.4, 0.5) is 13.2 Å². The van der Waals surface area contributed by atoms with Crippen molar-refractivity contribution in [1.82, 2.24) is 15.0 Å². The molecule has 4 aromatic rings. The minimum Gasteiger partial charge on any atom is -0.337 e. The summed E-state index contributed by atoms with van der Waals surface area (Å²) in [5, 5.41) is 0. The molecule has 7 heteroatoms. The van der Waals surface area contributed by atoms with Crippen molar-refractivity contribution in [1.29, 1.82) is 0 Å². The van der Waals surface area contributed by atoms with Gasteiger partial charge in [0.1, 0.15) is 5.69 Å². The molecule has 4 rings (SSSR count). The molecule has 2 aromatic heterocycles. The number of nitrogens with zero attached hydrogens (tertiary/aromatic N) is 2. The van der Waals surface area contributed by atoms with E-state index in [1.165, 1.54) is 17.4 Å². The first-order valence-electron chi connectivity index (χ1n) is 7.85. The molecule has 1 radical (unpaired) electrons. The topological polar surface area (TPSA) is 41.6 Å². The van der Waals surface area contributed by atoms with Gasteiger partial charge in [-0.25, -0.2) is 9.97 Å². The normalized spacial score (nSPS) is 12.0. The Balaban J connectivity index is 1.86. The van der Waals surface area contributed by atoms with Gasteiger partial charge in [0.15, 0.2) is 11.3 Å². The van der Waals surface area contributed by atoms with Crippen LogP contribution in [-0.2, 0) is 6.18 Å². The summed E-state index contributed by atoms with van der Waals surface area (Å²) in [5.74, 6) is 0.439. The first-order valence-corrected chi connectivity index (χ1v) is 8.67. The highest BCUT2D eigenvalue weighted by molar-refractivity contribution is 7.13. The van der Waals surface area contributed by atoms with Gasteiger partial charge in [-0.1, -0.05) is 18.2 Å². The van der Waals surface area contributed by atoms with Gasteiger partial charge in [-0.3, -0.25) is 0 Å². The molecule has 131 valence electrons. The minimum absolute atomic E-state index is 0.260. The van der Waals surface area contributed by atoms with Crippen molar-refractivity contribution < 1.29 is 13.2 Å². The molecule has 0 saturated heterocycles. The Hall–Kier alpha value is -2.67. The van der Waals surface area contributed by atoms with Gasteiger partial charge in [0, 0.05) is 0 Å². The predicted octanol–water partition coefficient (Wildman–Crippen LogP) is 5.79. The summed E-state index contributed by atoms with van der Waals surface area (Å²) < 4.78 is 38.7. The first-order chi connectivity index (χ1) is 12.3. The lowest BCUT2D eigenvalue weighted by atomic mass is 10.0. The lowest BCUT2D eigenvalue weighted by Crippen LogP contribution is -2.04. The van der Waals surface area contributed by atoms with Crippen LogP contribution in [0.25, 0.3) is 33.0 Å². The second-order valence-electron chi connectivity index (χ2n) is 6.06. The van der Waals surface area contributed by atoms with Crippen molar-refractivity contribution in [3.05, 3.63) is 58.6 Å². The van der Waals surface area contributed by atoms with E-state index in [1.54, 1.807) is 0 Å². The van der Waals surface area contributed by atoms with E-state index < -0.39 is 11.7 Å². The molecule has 2 aromatic carbocycles. The van der Waals surface area contributed by atoms with Crippen LogP contribution in [0.3, 0.4) is 0 Å². The number of H-pyrrole nitrogens is 1. The molecule has 0 atom stereocenters. The van der Waals surface area contributed by atoms with Crippen molar-refractivity contribution in [3.63, 3.8) is 0 Å². The number of rotatable bonds is 2. The smallest absolute Gasteiger partial charge is 0.337 e. The van der Waals surface area contributed by atoms with E-state index in [1.807, 2.05) is 32.0 Å². The van der Waals surface area contributed by atoms with Gasteiger partial charge in [0.05, 0.1) is 21.5 Å². The molecule has 0 spiro atoms. The number of aryl methyl sites for hydroxylation is 2. The average Bonchev–Trinajstić information content (AvgIpc) is 3.19. The fourth-order valence-corrected chi connectivity index (χ4v) is 3.90. The van der Waals surface area contributed by atoms with Crippen LogP contribution in [0.2, 0.25) is 0 Å². The standard InChI is InChI=1S/C19H13F3N3S/c1-10-4-3-5-11(2)15(10)17-16(23-9-26-17)18-24-13-7-6-12(19(20,21)22)8-14(13)25-18/h3-8H,1-2H3,(H,24,25). The molecule has 0 bridgehead atoms. The summed E-state index contributed by atoms with van der Waals surface area (Å²) in [6.07, 6.45) is -4.40. The molecule has 2 heterocycles. The molecule has 26 heavy (non-hydrogen) atoms. The number of fused-ring (bicyclic) bond motifs is 1. The molecule has 0 amide bonds. The summed E-state index contributed by atoms with van der Waals surface area (Å²) in [6.45, 7) is 4.03. The SMILES string of the molecule is Cc1cccc(C)c1-c1s[c]nc1-c1nc2cc(C(F)(F)F)ccc2[nH]1. The minimum atomic E-state index is -4.40.